The maximum absolute atomic E-state index is 12.4. The van der Waals surface area contributed by atoms with E-state index in [1.807, 2.05) is 35.2 Å². The summed E-state index contributed by atoms with van der Waals surface area (Å²) >= 11 is 1.69. The Hall–Kier alpha value is -2.14. The van der Waals surface area contributed by atoms with E-state index in [0.29, 0.717) is 5.75 Å². The molecule has 0 bridgehead atoms. The number of hydrogen-bond acceptors (Lipinski definition) is 4. The highest BCUT2D eigenvalue weighted by atomic mass is 32.2. The van der Waals surface area contributed by atoms with Crippen molar-refractivity contribution in [2.75, 3.05) is 43.9 Å². The zero-order chi connectivity index (χ0) is 17.5. The fraction of sp³-hybridized carbons (Fsp3) is 0.350. The second kappa shape index (κ2) is 8.81. The highest BCUT2D eigenvalue weighted by Gasteiger charge is 2.21. The molecule has 0 spiro atoms. The topological polar surface area (TPSA) is 32.8 Å². The van der Waals surface area contributed by atoms with Crippen molar-refractivity contribution < 1.29 is 9.53 Å². The number of methoxy groups -OCH3 is 1. The van der Waals surface area contributed by atoms with E-state index >= 15 is 0 Å². The molecule has 2 aromatic rings. The van der Waals surface area contributed by atoms with Crippen LogP contribution in [0.3, 0.4) is 0 Å². The summed E-state index contributed by atoms with van der Waals surface area (Å²) in [5.41, 5.74) is 2.45. The van der Waals surface area contributed by atoms with E-state index in [-0.39, 0.29) is 5.91 Å². The predicted octanol–water partition coefficient (Wildman–Crippen LogP) is 3.28. The van der Waals surface area contributed by atoms with Gasteiger partial charge in [0.2, 0.25) is 5.91 Å². The molecule has 4 nitrogen and oxygen atoms in total. The van der Waals surface area contributed by atoms with Crippen LogP contribution in [-0.2, 0) is 10.5 Å². The quantitative estimate of drug-likeness (QED) is 0.795. The van der Waals surface area contributed by atoms with E-state index in [2.05, 4.69) is 29.2 Å². The zero-order valence-electron chi connectivity index (χ0n) is 14.6. The van der Waals surface area contributed by atoms with Gasteiger partial charge >= 0.3 is 0 Å². The monoisotopic (exact) mass is 356 g/mol. The molecule has 0 unspecified atom stereocenters. The SMILES string of the molecule is COc1ccc(N2CCN(C(=O)CSCc3ccccc3)CC2)cc1. The number of hydrogen-bond donors (Lipinski definition) is 0. The van der Waals surface area contributed by atoms with E-state index in [1.165, 1.54) is 11.3 Å². The second-order valence-electron chi connectivity index (χ2n) is 6.04. The summed E-state index contributed by atoms with van der Waals surface area (Å²) in [5.74, 6) is 2.55. The summed E-state index contributed by atoms with van der Waals surface area (Å²) in [6, 6.07) is 18.4. The maximum Gasteiger partial charge on any atom is 0.232 e. The first-order valence-electron chi connectivity index (χ1n) is 8.55. The molecule has 0 radical (unpaired) electrons. The second-order valence-corrected chi connectivity index (χ2v) is 7.03. The number of carbonyl (C=O) groups is 1. The van der Waals surface area contributed by atoms with E-state index in [1.54, 1.807) is 18.9 Å². The Bertz CT molecular complexity index is 668. The molecule has 0 saturated carbocycles. The molecule has 1 saturated heterocycles. The van der Waals surface area contributed by atoms with Gasteiger partial charge in [0.1, 0.15) is 5.75 Å². The van der Waals surface area contributed by atoms with Crippen molar-refractivity contribution in [3.05, 3.63) is 60.2 Å². The number of rotatable bonds is 6. The first kappa shape index (κ1) is 17.7. The van der Waals surface area contributed by atoms with Gasteiger partial charge in [-0.3, -0.25) is 4.79 Å². The minimum Gasteiger partial charge on any atom is -0.497 e. The van der Waals surface area contributed by atoms with Gasteiger partial charge in [-0.05, 0) is 29.8 Å². The highest BCUT2D eigenvalue weighted by molar-refractivity contribution is 7.99. The molecule has 1 amide bonds. The Morgan fingerprint density at radius 3 is 2.32 bits per heavy atom. The standard InChI is InChI=1S/C20H24N2O2S/c1-24-19-9-7-18(8-10-19)21-11-13-22(14-12-21)20(23)16-25-15-17-5-3-2-4-6-17/h2-10H,11-16H2,1H3. The third kappa shape index (κ3) is 4.92. The van der Waals surface area contributed by atoms with Gasteiger partial charge in [0.05, 0.1) is 12.9 Å². The van der Waals surface area contributed by atoms with E-state index in [0.717, 1.165) is 37.7 Å². The van der Waals surface area contributed by atoms with Gasteiger partial charge in [-0.1, -0.05) is 30.3 Å². The van der Waals surface area contributed by atoms with Gasteiger partial charge in [0.15, 0.2) is 0 Å². The van der Waals surface area contributed by atoms with Crippen molar-refractivity contribution in [2.24, 2.45) is 0 Å². The molecule has 1 aliphatic rings. The average Bonchev–Trinajstić information content (AvgIpc) is 2.69. The molecular weight excluding hydrogens is 332 g/mol. The van der Waals surface area contributed by atoms with Crippen LogP contribution in [0, 0.1) is 0 Å². The third-order valence-electron chi connectivity index (χ3n) is 4.41. The van der Waals surface area contributed by atoms with Crippen LogP contribution in [0.4, 0.5) is 5.69 Å². The first-order chi connectivity index (χ1) is 12.3. The molecule has 1 aliphatic heterocycles. The molecule has 25 heavy (non-hydrogen) atoms. The Morgan fingerprint density at radius 2 is 1.68 bits per heavy atom. The molecule has 1 fully saturated rings. The lowest BCUT2D eigenvalue weighted by Gasteiger charge is -2.36. The van der Waals surface area contributed by atoms with Crippen molar-refractivity contribution in [3.63, 3.8) is 0 Å². The summed E-state index contributed by atoms with van der Waals surface area (Å²) in [6.07, 6.45) is 0. The highest BCUT2D eigenvalue weighted by Crippen LogP contribution is 2.21. The normalized spacial score (nSPS) is 14.4. The molecule has 0 aromatic heterocycles. The minimum atomic E-state index is 0.246. The van der Waals surface area contributed by atoms with Crippen LogP contribution in [0.2, 0.25) is 0 Å². The zero-order valence-corrected chi connectivity index (χ0v) is 15.4. The van der Waals surface area contributed by atoms with Crippen LogP contribution in [0.5, 0.6) is 5.75 Å². The lowest BCUT2D eigenvalue weighted by atomic mass is 10.2. The fourth-order valence-electron chi connectivity index (χ4n) is 2.93. The van der Waals surface area contributed by atoms with E-state index < -0.39 is 0 Å². The third-order valence-corrected chi connectivity index (χ3v) is 5.40. The van der Waals surface area contributed by atoms with Crippen LogP contribution in [-0.4, -0.2) is 49.8 Å². The van der Waals surface area contributed by atoms with Gasteiger partial charge in [-0.15, -0.1) is 11.8 Å². The van der Waals surface area contributed by atoms with Gasteiger partial charge in [0.25, 0.3) is 0 Å². The molecule has 5 heteroatoms. The van der Waals surface area contributed by atoms with Gasteiger partial charge in [0, 0.05) is 37.6 Å². The number of amides is 1. The molecule has 0 atom stereocenters. The Labute approximate surface area is 153 Å². The van der Waals surface area contributed by atoms with E-state index in [4.69, 9.17) is 4.74 Å². The summed E-state index contributed by atoms with van der Waals surface area (Å²) < 4.78 is 5.20. The smallest absolute Gasteiger partial charge is 0.232 e. The maximum atomic E-state index is 12.4. The van der Waals surface area contributed by atoms with Crippen molar-refractivity contribution in [1.29, 1.82) is 0 Å². The van der Waals surface area contributed by atoms with Crippen molar-refractivity contribution in [1.82, 2.24) is 4.90 Å². The molecule has 2 aromatic carbocycles. The van der Waals surface area contributed by atoms with Crippen LogP contribution in [0.25, 0.3) is 0 Å². The average molecular weight is 356 g/mol. The summed E-state index contributed by atoms with van der Waals surface area (Å²) in [5, 5.41) is 0. The van der Waals surface area contributed by atoms with Crippen molar-refractivity contribution in [3.8, 4) is 5.75 Å². The molecular formula is C20H24N2O2S. The number of thioether (sulfide) groups is 1. The number of nitrogens with zero attached hydrogens (tertiary/aromatic N) is 2. The Morgan fingerprint density at radius 1 is 1.00 bits per heavy atom. The van der Waals surface area contributed by atoms with Crippen LogP contribution in [0.15, 0.2) is 54.6 Å². The Balaban J connectivity index is 1.42. The fourth-order valence-corrected chi connectivity index (χ4v) is 3.82. The van der Waals surface area contributed by atoms with Crippen molar-refractivity contribution >= 4 is 23.4 Å². The molecule has 1 heterocycles. The van der Waals surface area contributed by atoms with Crippen LogP contribution in [0.1, 0.15) is 5.56 Å². The number of ether oxygens (including phenoxy) is 1. The summed E-state index contributed by atoms with van der Waals surface area (Å²) in [4.78, 5) is 16.7. The minimum absolute atomic E-state index is 0.246. The Kier molecular flexibility index (Phi) is 6.23. The van der Waals surface area contributed by atoms with Gasteiger partial charge in [-0.2, -0.15) is 0 Å². The summed E-state index contributed by atoms with van der Waals surface area (Å²) in [6.45, 7) is 3.33. The van der Waals surface area contributed by atoms with Crippen LogP contribution < -0.4 is 9.64 Å². The number of benzene rings is 2. The first-order valence-corrected chi connectivity index (χ1v) is 9.70. The number of anilines is 1. The molecule has 132 valence electrons. The summed E-state index contributed by atoms with van der Waals surface area (Å²) in [7, 11) is 1.68. The lowest BCUT2D eigenvalue weighted by Crippen LogP contribution is -2.49. The molecule has 0 aliphatic carbocycles. The van der Waals surface area contributed by atoms with Crippen LogP contribution >= 0.6 is 11.8 Å². The largest absolute Gasteiger partial charge is 0.497 e. The number of piperazine rings is 1. The molecule has 0 N–H and O–H groups in total. The lowest BCUT2D eigenvalue weighted by molar-refractivity contribution is -0.128. The predicted molar refractivity (Wildman–Crippen MR) is 104 cm³/mol. The van der Waals surface area contributed by atoms with E-state index in [9.17, 15) is 4.79 Å². The van der Waals surface area contributed by atoms with Gasteiger partial charge < -0.3 is 14.5 Å². The van der Waals surface area contributed by atoms with Gasteiger partial charge in [-0.25, -0.2) is 0 Å². The molecule has 3 rings (SSSR count). The number of carbonyl (C=O) groups excluding carboxylic acids is 1. The van der Waals surface area contributed by atoms with Crippen molar-refractivity contribution in [2.45, 2.75) is 5.75 Å².